The maximum Gasteiger partial charge on any atom is 0.121 e. The molecule has 0 saturated carbocycles. The highest BCUT2D eigenvalue weighted by molar-refractivity contribution is 5.45. The van der Waals surface area contributed by atoms with Gasteiger partial charge in [0.1, 0.15) is 12.4 Å². The molecule has 0 bridgehead atoms. The van der Waals surface area contributed by atoms with E-state index in [4.69, 9.17) is 10.5 Å². The van der Waals surface area contributed by atoms with E-state index < -0.39 is 0 Å². The highest BCUT2D eigenvalue weighted by atomic mass is 16.5. The number of hydrogen-bond donors (Lipinski definition) is 2. The van der Waals surface area contributed by atoms with Crippen LogP contribution in [0.3, 0.4) is 0 Å². The number of aryl methyl sites for hydroxylation is 1. The number of ether oxygens (including phenoxy) is 1. The molecule has 0 unspecified atom stereocenters. The van der Waals surface area contributed by atoms with Crippen LogP contribution in [0.1, 0.15) is 5.56 Å². The van der Waals surface area contributed by atoms with Crippen LogP contribution in [0.5, 0.6) is 5.75 Å². The molecule has 0 radical (unpaired) electrons. The van der Waals surface area contributed by atoms with Crippen molar-refractivity contribution in [3.8, 4) is 5.75 Å². The van der Waals surface area contributed by atoms with Crippen molar-refractivity contribution in [3.05, 3.63) is 54.1 Å². The Bertz CT molecular complexity index is 464. The third-order valence-electron chi connectivity index (χ3n) is 2.58. The number of anilines is 2. The lowest BCUT2D eigenvalue weighted by Crippen LogP contribution is -2.11. The van der Waals surface area contributed by atoms with Crippen LogP contribution in [-0.4, -0.2) is 13.2 Å². The van der Waals surface area contributed by atoms with Gasteiger partial charge in [0.15, 0.2) is 0 Å². The fourth-order valence-electron chi connectivity index (χ4n) is 1.72. The molecule has 0 aliphatic rings. The summed E-state index contributed by atoms with van der Waals surface area (Å²) in [5.41, 5.74) is 8.76. The molecule has 0 heterocycles. The molecule has 2 rings (SSSR count). The molecule has 94 valence electrons. The molecular weight excluding hydrogens is 224 g/mol. The lowest BCUT2D eigenvalue weighted by Gasteiger charge is -2.09. The zero-order valence-electron chi connectivity index (χ0n) is 10.5. The van der Waals surface area contributed by atoms with Crippen molar-refractivity contribution in [2.75, 3.05) is 24.2 Å². The van der Waals surface area contributed by atoms with Gasteiger partial charge in [-0.25, -0.2) is 0 Å². The van der Waals surface area contributed by atoms with Crippen molar-refractivity contribution in [2.24, 2.45) is 0 Å². The van der Waals surface area contributed by atoms with E-state index in [1.165, 1.54) is 5.56 Å². The molecular formula is C15H18N2O. The minimum atomic E-state index is 0.609. The van der Waals surface area contributed by atoms with Crippen LogP contribution >= 0.6 is 0 Å². The number of nitrogens with two attached hydrogens (primary N) is 1. The molecule has 0 aliphatic heterocycles. The maximum atomic E-state index is 5.67. The van der Waals surface area contributed by atoms with Crippen LogP contribution < -0.4 is 15.8 Å². The molecule has 0 spiro atoms. The Morgan fingerprint density at radius 1 is 1.11 bits per heavy atom. The van der Waals surface area contributed by atoms with Gasteiger partial charge in [0.2, 0.25) is 0 Å². The van der Waals surface area contributed by atoms with Gasteiger partial charge in [-0.3, -0.25) is 0 Å². The van der Waals surface area contributed by atoms with E-state index in [-0.39, 0.29) is 0 Å². The molecule has 3 N–H and O–H groups in total. The molecule has 0 aromatic heterocycles. The van der Waals surface area contributed by atoms with Gasteiger partial charge in [0, 0.05) is 24.0 Å². The van der Waals surface area contributed by atoms with Gasteiger partial charge in [0.05, 0.1) is 0 Å². The predicted molar refractivity (Wildman–Crippen MR) is 76.0 cm³/mol. The normalized spacial score (nSPS) is 10.1. The summed E-state index contributed by atoms with van der Waals surface area (Å²) < 4.78 is 5.60. The van der Waals surface area contributed by atoms with E-state index in [1.807, 2.05) is 36.4 Å². The van der Waals surface area contributed by atoms with Gasteiger partial charge < -0.3 is 15.8 Å². The first-order valence-corrected chi connectivity index (χ1v) is 6.03. The van der Waals surface area contributed by atoms with E-state index in [1.54, 1.807) is 0 Å². The Kier molecular flexibility index (Phi) is 4.07. The molecule has 2 aromatic carbocycles. The molecule has 0 atom stereocenters. The number of rotatable bonds is 5. The average molecular weight is 242 g/mol. The smallest absolute Gasteiger partial charge is 0.121 e. The van der Waals surface area contributed by atoms with Crippen LogP contribution in [0.2, 0.25) is 0 Å². The molecule has 3 heteroatoms. The Morgan fingerprint density at radius 2 is 1.94 bits per heavy atom. The van der Waals surface area contributed by atoms with Crippen LogP contribution in [0, 0.1) is 6.92 Å². The van der Waals surface area contributed by atoms with Crippen molar-refractivity contribution in [3.63, 3.8) is 0 Å². The number of nitrogen functional groups attached to an aromatic ring is 1. The van der Waals surface area contributed by atoms with Gasteiger partial charge in [-0.15, -0.1) is 0 Å². The zero-order chi connectivity index (χ0) is 12.8. The number of hydrogen-bond acceptors (Lipinski definition) is 3. The second-order valence-corrected chi connectivity index (χ2v) is 4.22. The minimum Gasteiger partial charge on any atom is -0.492 e. The van der Waals surface area contributed by atoms with Crippen LogP contribution in [-0.2, 0) is 0 Å². The largest absolute Gasteiger partial charge is 0.492 e. The maximum absolute atomic E-state index is 5.67. The first-order valence-electron chi connectivity index (χ1n) is 6.03. The molecule has 0 saturated heterocycles. The van der Waals surface area contributed by atoms with E-state index in [2.05, 4.69) is 24.4 Å². The molecule has 3 nitrogen and oxygen atoms in total. The Balaban J connectivity index is 1.76. The topological polar surface area (TPSA) is 47.3 Å². The lowest BCUT2D eigenvalue weighted by molar-refractivity contribution is 0.333. The molecule has 0 amide bonds. The van der Waals surface area contributed by atoms with E-state index in [0.717, 1.165) is 23.7 Å². The molecule has 2 aromatic rings. The third kappa shape index (κ3) is 3.70. The third-order valence-corrected chi connectivity index (χ3v) is 2.58. The van der Waals surface area contributed by atoms with Crippen LogP contribution in [0.4, 0.5) is 11.4 Å². The minimum absolute atomic E-state index is 0.609. The standard InChI is InChI=1S/C15H18N2O/c1-12-4-2-6-14(10-12)17-8-9-18-15-7-3-5-13(16)11-15/h2-7,10-11,17H,8-9,16H2,1H3. The summed E-state index contributed by atoms with van der Waals surface area (Å²) >= 11 is 0. The summed E-state index contributed by atoms with van der Waals surface area (Å²) in [5, 5.41) is 3.31. The van der Waals surface area contributed by atoms with Crippen LogP contribution in [0.15, 0.2) is 48.5 Å². The molecule has 0 aliphatic carbocycles. The summed E-state index contributed by atoms with van der Waals surface area (Å²) in [6.07, 6.45) is 0. The second kappa shape index (κ2) is 5.96. The van der Waals surface area contributed by atoms with E-state index in [9.17, 15) is 0 Å². The summed E-state index contributed by atoms with van der Waals surface area (Å²) in [4.78, 5) is 0. The second-order valence-electron chi connectivity index (χ2n) is 4.22. The Labute approximate surface area is 108 Å². The molecule has 18 heavy (non-hydrogen) atoms. The summed E-state index contributed by atoms with van der Waals surface area (Å²) in [5.74, 6) is 0.807. The highest BCUT2D eigenvalue weighted by Gasteiger charge is 1.95. The van der Waals surface area contributed by atoms with Crippen molar-refractivity contribution < 1.29 is 4.74 Å². The summed E-state index contributed by atoms with van der Waals surface area (Å²) in [6, 6.07) is 15.7. The van der Waals surface area contributed by atoms with Crippen molar-refractivity contribution in [1.29, 1.82) is 0 Å². The van der Waals surface area contributed by atoms with Crippen molar-refractivity contribution >= 4 is 11.4 Å². The fourth-order valence-corrected chi connectivity index (χ4v) is 1.72. The summed E-state index contributed by atoms with van der Waals surface area (Å²) in [7, 11) is 0. The van der Waals surface area contributed by atoms with Gasteiger partial charge >= 0.3 is 0 Å². The van der Waals surface area contributed by atoms with Gasteiger partial charge in [0.25, 0.3) is 0 Å². The monoisotopic (exact) mass is 242 g/mol. The molecule has 0 fully saturated rings. The Morgan fingerprint density at radius 3 is 2.72 bits per heavy atom. The fraction of sp³-hybridized carbons (Fsp3) is 0.200. The van der Waals surface area contributed by atoms with Crippen LogP contribution in [0.25, 0.3) is 0 Å². The van der Waals surface area contributed by atoms with Gasteiger partial charge in [-0.2, -0.15) is 0 Å². The average Bonchev–Trinajstić information content (AvgIpc) is 2.35. The highest BCUT2D eigenvalue weighted by Crippen LogP contribution is 2.14. The first-order chi connectivity index (χ1) is 8.74. The first kappa shape index (κ1) is 12.3. The van der Waals surface area contributed by atoms with Crippen molar-refractivity contribution in [1.82, 2.24) is 0 Å². The Hall–Kier alpha value is -2.16. The van der Waals surface area contributed by atoms with Crippen molar-refractivity contribution in [2.45, 2.75) is 6.92 Å². The van der Waals surface area contributed by atoms with Gasteiger partial charge in [-0.05, 0) is 36.8 Å². The quantitative estimate of drug-likeness (QED) is 0.625. The SMILES string of the molecule is Cc1cccc(NCCOc2cccc(N)c2)c1. The summed E-state index contributed by atoms with van der Waals surface area (Å²) in [6.45, 7) is 3.45. The predicted octanol–water partition coefficient (Wildman–Crippen LogP) is 3.07. The number of benzene rings is 2. The van der Waals surface area contributed by atoms with Gasteiger partial charge in [-0.1, -0.05) is 18.2 Å². The lowest BCUT2D eigenvalue weighted by atomic mass is 10.2. The van der Waals surface area contributed by atoms with E-state index in [0.29, 0.717) is 6.61 Å². The zero-order valence-corrected chi connectivity index (χ0v) is 10.5. The number of nitrogens with one attached hydrogen (secondary N) is 1. The van der Waals surface area contributed by atoms with E-state index >= 15 is 0 Å².